The third-order valence-electron chi connectivity index (χ3n) is 3.17. The van der Waals surface area contributed by atoms with Gasteiger partial charge in [-0.3, -0.25) is 0 Å². The van der Waals surface area contributed by atoms with Gasteiger partial charge in [0.1, 0.15) is 0 Å². The molecule has 1 saturated carbocycles. The fourth-order valence-electron chi connectivity index (χ4n) is 1.71. The molecule has 0 aromatic heterocycles. The molecule has 0 amide bonds. The SMILES string of the molecule is CCS(=O)(=O)CCNCC1(SC)CCC1. The Kier molecular flexibility index (Phi) is 4.93. The van der Waals surface area contributed by atoms with Crippen LogP contribution < -0.4 is 5.32 Å². The van der Waals surface area contributed by atoms with Crippen molar-refractivity contribution in [3.05, 3.63) is 0 Å². The molecule has 0 atom stereocenters. The van der Waals surface area contributed by atoms with Crippen LogP contribution in [0.15, 0.2) is 0 Å². The highest BCUT2D eigenvalue weighted by Crippen LogP contribution is 2.41. The van der Waals surface area contributed by atoms with E-state index in [2.05, 4.69) is 11.6 Å². The molecule has 0 radical (unpaired) electrons. The van der Waals surface area contributed by atoms with E-state index in [4.69, 9.17) is 0 Å². The first-order valence-corrected chi connectivity index (χ1v) is 8.54. The van der Waals surface area contributed by atoms with Crippen LogP contribution in [0.4, 0.5) is 0 Å². The van der Waals surface area contributed by atoms with Crippen LogP contribution in [-0.2, 0) is 9.84 Å². The molecule has 1 aliphatic carbocycles. The van der Waals surface area contributed by atoms with Gasteiger partial charge >= 0.3 is 0 Å². The van der Waals surface area contributed by atoms with Gasteiger partial charge in [-0.2, -0.15) is 11.8 Å². The summed E-state index contributed by atoms with van der Waals surface area (Å²) in [6, 6.07) is 0. The summed E-state index contributed by atoms with van der Waals surface area (Å²) in [7, 11) is -2.80. The summed E-state index contributed by atoms with van der Waals surface area (Å²) in [5.41, 5.74) is 0. The van der Waals surface area contributed by atoms with E-state index in [1.54, 1.807) is 6.92 Å². The maximum Gasteiger partial charge on any atom is 0.151 e. The number of rotatable bonds is 7. The molecule has 0 aromatic rings. The Balaban J connectivity index is 2.16. The van der Waals surface area contributed by atoms with Crippen molar-refractivity contribution in [2.45, 2.75) is 30.9 Å². The van der Waals surface area contributed by atoms with Crippen molar-refractivity contribution in [1.29, 1.82) is 0 Å². The van der Waals surface area contributed by atoms with E-state index in [9.17, 15) is 8.42 Å². The summed E-state index contributed by atoms with van der Waals surface area (Å²) in [6.07, 6.45) is 5.99. The molecule has 1 N–H and O–H groups in total. The summed E-state index contributed by atoms with van der Waals surface area (Å²) >= 11 is 1.91. The second-order valence-corrected chi connectivity index (χ2v) is 7.90. The van der Waals surface area contributed by atoms with Crippen LogP contribution >= 0.6 is 11.8 Å². The molecule has 0 saturated heterocycles. The van der Waals surface area contributed by atoms with E-state index >= 15 is 0 Å². The molecule has 0 aliphatic heterocycles. The van der Waals surface area contributed by atoms with E-state index in [-0.39, 0.29) is 11.5 Å². The van der Waals surface area contributed by atoms with Crippen LogP contribution in [0.3, 0.4) is 0 Å². The average molecular weight is 251 g/mol. The molecule has 5 heteroatoms. The molecular weight excluding hydrogens is 230 g/mol. The Hall–Kier alpha value is 0.260. The smallest absolute Gasteiger partial charge is 0.151 e. The predicted molar refractivity (Wildman–Crippen MR) is 67.3 cm³/mol. The molecule has 3 nitrogen and oxygen atoms in total. The maximum absolute atomic E-state index is 11.2. The monoisotopic (exact) mass is 251 g/mol. The van der Waals surface area contributed by atoms with Crippen molar-refractivity contribution < 1.29 is 8.42 Å². The third kappa shape index (κ3) is 3.96. The van der Waals surface area contributed by atoms with E-state index < -0.39 is 9.84 Å². The first-order chi connectivity index (χ1) is 7.04. The minimum absolute atomic E-state index is 0.252. The molecule has 0 unspecified atom stereocenters. The molecule has 0 aromatic carbocycles. The van der Waals surface area contributed by atoms with Crippen LogP contribution in [0.1, 0.15) is 26.2 Å². The average Bonchev–Trinajstić information content (AvgIpc) is 2.16. The molecule has 1 fully saturated rings. The Morgan fingerprint density at radius 1 is 1.40 bits per heavy atom. The van der Waals surface area contributed by atoms with Gasteiger partial charge in [0.15, 0.2) is 9.84 Å². The van der Waals surface area contributed by atoms with E-state index in [1.165, 1.54) is 19.3 Å². The van der Waals surface area contributed by atoms with Gasteiger partial charge in [0.2, 0.25) is 0 Å². The van der Waals surface area contributed by atoms with Crippen LogP contribution in [0.25, 0.3) is 0 Å². The fourth-order valence-corrected chi connectivity index (χ4v) is 3.40. The summed E-state index contributed by atoms with van der Waals surface area (Å²) in [6.45, 7) is 3.25. The van der Waals surface area contributed by atoms with Crippen molar-refractivity contribution in [1.82, 2.24) is 5.32 Å². The van der Waals surface area contributed by atoms with Crippen molar-refractivity contribution >= 4 is 21.6 Å². The fraction of sp³-hybridized carbons (Fsp3) is 1.00. The number of thioether (sulfide) groups is 1. The molecule has 90 valence electrons. The van der Waals surface area contributed by atoms with Crippen molar-refractivity contribution in [2.75, 3.05) is 30.9 Å². The highest BCUT2D eigenvalue weighted by molar-refractivity contribution is 8.00. The van der Waals surface area contributed by atoms with Crippen LogP contribution in [-0.4, -0.2) is 44.0 Å². The molecule has 1 rings (SSSR count). The topological polar surface area (TPSA) is 46.2 Å². The Bertz CT molecular complexity index is 278. The number of sulfone groups is 1. The summed E-state index contributed by atoms with van der Waals surface area (Å²) in [5, 5.41) is 3.27. The van der Waals surface area contributed by atoms with Crippen LogP contribution in [0.5, 0.6) is 0 Å². The first kappa shape index (κ1) is 13.3. The first-order valence-electron chi connectivity index (χ1n) is 5.50. The second kappa shape index (κ2) is 5.55. The lowest BCUT2D eigenvalue weighted by atomic mass is 9.84. The second-order valence-electron chi connectivity index (χ2n) is 4.15. The zero-order chi connectivity index (χ0) is 11.4. The van der Waals surface area contributed by atoms with Crippen molar-refractivity contribution in [2.24, 2.45) is 0 Å². The summed E-state index contributed by atoms with van der Waals surface area (Å²) in [4.78, 5) is 0. The number of hydrogen-bond acceptors (Lipinski definition) is 4. The largest absolute Gasteiger partial charge is 0.314 e. The van der Waals surface area contributed by atoms with Gasteiger partial charge in [0, 0.05) is 23.6 Å². The molecule has 1 aliphatic rings. The minimum atomic E-state index is -2.80. The minimum Gasteiger partial charge on any atom is -0.314 e. The third-order valence-corrected chi connectivity index (χ3v) is 6.30. The normalized spacial score (nSPS) is 19.9. The van der Waals surface area contributed by atoms with Crippen molar-refractivity contribution in [3.63, 3.8) is 0 Å². The zero-order valence-corrected chi connectivity index (χ0v) is 11.2. The van der Waals surface area contributed by atoms with Crippen LogP contribution in [0, 0.1) is 0 Å². The predicted octanol–water partition coefficient (Wildman–Crippen LogP) is 1.30. The maximum atomic E-state index is 11.2. The van der Waals surface area contributed by atoms with E-state index in [0.717, 1.165) is 6.54 Å². The molecule has 0 heterocycles. The van der Waals surface area contributed by atoms with E-state index in [0.29, 0.717) is 11.3 Å². The lowest BCUT2D eigenvalue weighted by Crippen LogP contribution is -2.44. The van der Waals surface area contributed by atoms with Gasteiger partial charge in [0.25, 0.3) is 0 Å². The Morgan fingerprint density at radius 2 is 2.07 bits per heavy atom. The molecule has 15 heavy (non-hydrogen) atoms. The summed E-state index contributed by atoms with van der Waals surface area (Å²) < 4.78 is 22.9. The standard InChI is InChI=1S/C10H21NO2S2/c1-3-15(12,13)8-7-11-9-10(14-2)5-4-6-10/h11H,3-9H2,1-2H3. The Morgan fingerprint density at radius 3 is 2.47 bits per heavy atom. The highest BCUT2D eigenvalue weighted by Gasteiger charge is 2.35. The van der Waals surface area contributed by atoms with Crippen molar-refractivity contribution in [3.8, 4) is 0 Å². The van der Waals surface area contributed by atoms with Gasteiger partial charge in [-0.15, -0.1) is 0 Å². The summed E-state index contributed by atoms with van der Waals surface area (Å²) in [5.74, 6) is 0.524. The number of nitrogens with one attached hydrogen (secondary N) is 1. The van der Waals surface area contributed by atoms with Crippen LogP contribution in [0.2, 0.25) is 0 Å². The Labute approximate surface area is 97.3 Å². The molecule has 0 bridgehead atoms. The van der Waals surface area contributed by atoms with Gasteiger partial charge in [-0.25, -0.2) is 8.42 Å². The molecular formula is C10H21NO2S2. The number of hydrogen-bond donors (Lipinski definition) is 1. The highest BCUT2D eigenvalue weighted by atomic mass is 32.2. The lowest BCUT2D eigenvalue weighted by molar-refractivity contribution is 0.349. The zero-order valence-electron chi connectivity index (χ0n) is 9.58. The lowest BCUT2D eigenvalue weighted by Gasteiger charge is -2.40. The van der Waals surface area contributed by atoms with E-state index in [1.807, 2.05) is 11.8 Å². The van der Waals surface area contributed by atoms with Gasteiger partial charge in [-0.05, 0) is 19.1 Å². The molecule has 0 spiro atoms. The van der Waals surface area contributed by atoms with Gasteiger partial charge in [-0.1, -0.05) is 13.3 Å². The van der Waals surface area contributed by atoms with Gasteiger partial charge < -0.3 is 5.32 Å². The quantitative estimate of drug-likeness (QED) is 0.693. The van der Waals surface area contributed by atoms with Gasteiger partial charge in [0.05, 0.1) is 5.75 Å².